The van der Waals surface area contributed by atoms with Gasteiger partial charge in [-0.15, -0.1) is 11.3 Å². The van der Waals surface area contributed by atoms with Crippen molar-refractivity contribution >= 4 is 44.9 Å². The van der Waals surface area contributed by atoms with Crippen molar-refractivity contribution in [2.24, 2.45) is 0 Å². The van der Waals surface area contributed by atoms with Crippen molar-refractivity contribution in [2.75, 3.05) is 11.1 Å². The van der Waals surface area contributed by atoms with Crippen LogP contribution in [-0.2, 0) is 9.59 Å². The first kappa shape index (κ1) is 18.8. The van der Waals surface area contributed by atoms with Crippen molar-refractivity contribution in [1.82, 2.24) is 14.9 Å². The third kappa shape index (κ3) is 2.88. The molecule has 3 N–H and O–H groups in total. The summed E-state index contributed by atoms with van der Waals surface area (Å²) in [5.41, 5.74) is 10.8. The van der Waals surface area contributed by atoms with Gasteiger partial charge in [-0.2, -0.15) is 0 Å². The summed E-state index contributed by atoms with van der Waals surface area (Å²) in [6.07, 6.45) is 5.46. The molecule has 8 heteroatoms. The van der Waals surface area contributed by atoms with E-state index in [1.54, 1.807) is 17.4 Å². The number of nitrogens with zero attached hydrogens (tertiary/aromatic N) is 3. The number of nitrogen functional groups attached to an aromatic ring is 1. The number of likely N-dealkylation sites (tertiary alicyclic amines) is 1. The predicted molar refractivity (Wildman–Crippen MR) is 117 cm³/mol. The Morgan fingerprint density at radius 2 is 2.17 bits per heavy atom. The average molecular weight is 420 g/mol. The standard InChI is InChI=1S/C22H21N5O2S/c1-13-7-15(10-24-20(13)23)26-21(29)18(11-28)27-17(9-22(27)5-2-6-22)14-3-4-19-16(8-14)25-12-30-19/h3-4,7-8,10,12,17H,2,5-6,9H2,1H3,(H2,23,24)(H,26,29). The number of benzene rings is 1. The van der Waals surface area contributed by atoms with E-state index >= 15 is 0 Å². The third-order valence-electron chi connectivity index (χ3n) is 6.35. The van der Waals surface area contributed by atoms with Crippen LogP contribution in [0.3, 0.4) is 0 Å². The van der Waals surface area contributed by atoms with Gasteiger partial charge < -0.3 is 16.0 Å². The van der Waals surface area contributed by atoms with Gasteiger partial charge in [-0.25, -0.2) is 14.8 Å². The van der Waals surface area contributed by atoms with Gasteiger partial charge in [0, 0.05) is 5.54 Å². The van der Waals surface area contributed by atoms with E-state index in [4.69, 9.17) is 5.73 Å². The Bertz CT molecular complexity index is 1210. The van der Waals surface area contributed by atoms with E-state index in [1.165, 1.54) is 6.20 Å². The Morgan fingerprint density at radius 3 is 2.87 bits per heavy atom. The Morgan fingerprint density at radius 1 is 1.33 bits per heavy atom. The lowest BCUT2D eigenvalue weighted by Gasteiger charge is -2.64. The van der Waals surface area contributed by atoms with Gasteiger partial charge >= 0.3 is 0 Å². The van der Waals surface area contributed by atoms with E-state index in [0.717, 1.165) is 47.0 Å². The normalized spacial score (nSPS) is 19.1. The lowest BCUT2D eigenvalue weighted by molar-refractivity contribution is -0.128. The number of fused-ring (bicyclic) bond motifs is 1. The summed E-state index contributed by atoms with van der Waals surface area (Å²) in [4.78, 5) is 35.4. The van der Waals surface area contributed by atoms with Crippen LogP contribution in [0.4, 0.5) is 11.5 Å². The zero-order valence-corrected chi connectivity index (χ0v) is 17.3. The Balaban J connectivity index is 1.45. The maximum Gasteiger partial charge on any atom is 0.283 e. The second-order valence-corrected chi connectivity index (χ2v) is 8.96. The lowest BCUT2D eigenvalue weighted by atomic mass is 9.62. The van der Waals surface area contributed by atoms with Gasteiger partial charge in [-0.05, 0) is 61.9 Å². The number of thiazole rings is 1. The smallest absolute Gasteiger partial charge is 0.283 e. The monoisotopic (exact) mass is 419 g/mol. The van der Waals surface area contributed by atoms with Crippen LogP contribution in [0.15, 0.2) is 41.7 Å². The van der Waals surface area contributed by atoms with Crippen molar-refractivity contribution in [3.8, 4) is 0 Å². The van der Waals surface area contributed by atoms with Crippen molar-refractivity contribution in [2.45, 2.75) is 44.2 Å². The molecule has 2 fully saturated rings. The van der Waals surface area contributed by atoms with Gasteiger partial charge in [0.1, 0.15) is 5.82 Å². The molecule has 1 aliphatic carbocycles. The maximum absolute atomic E-state index is 13.0. The van der Waals surface area contributed by atoms with E-state index < -0.39 is 5.91 Å². The Hall–Kier alpha value is -3.22. The molecule has 1 atom stereocenters. The van der Waals surface area contributed by atoms with Crippen LogP contribution < -0.4 is 11.1 Å². The average Bonchev–Trinajstić information content (AvgIpc) is 3.14. The minimum absolute atomic E-state index is 0.0371. The van der Waals surface area contributed by atoms with Gasteiger partial charge in [0.2, 0.25) is 0 Å². The zero-order chi connectivity index (χ0) is 20.9. The number of carbonyl (C=O) groups is 1. The largest absolute Gasteiger partial charge is 0.383 e. The molecule has 1 aromatic carbocycles. The van der Waals surface area contributed by atoms with Crippen molar-refractivity contribution < 1.29 is 9.59 Å². The highest BCUT2D eigenvalue weighted by molar-refractivity contribution is 7.16. The molecule has 5 rings (SSSR count). The van der Waals surface area contributed by atoms with Gasteiger partial charge in [0.15, 0.2) is 11.6 Å². The van der Waals surface area contributed by atoms with E-state index in [2.05, 4.69) is 33.5 Å². The van der Waals surface area contributed by atoms with Crippen LogP contribution in [0.1, 0.15) is 42.9 Å². The SMILES string of the molecule is Cc1cc(NC(=O)C(=C=O)N2C(c3ccc4scnc4c3)CC23CCC3)cnc1N. The highest BCUT2D eigenvalue weighted by Crippen LogP contribution is 2.58. The molecule has 2 aliphatic rings. The Kier molecular flexibility index (Phi) is 4.34. The molecule has 3 heterocycles. The van der Waals surface area contributed by atoms with Crippen LogP contribution in [0, 0.1) is 6.92 Å². The second-order valence-electron chi connectivity index (χ2n) is 8.08. The van der Waals surface area contributed by atoms with Crippen molar-refractivity contribution in [3.63, 3.8) is 0 Å². The molecule has 1 unspecified atom stereocenters. The fourth-order valence-corrected chi connectivity index (χ4v) is 5.25. The van der Waals surface area contributed by atoms with Gasteiger partial charge in [0.25, 0.3) is 5.91 Å². The van der Waals surface area contributed by atoms with Crippen LogP contribution in [-0.4, -0.2) is 32.3 Å². The first-order chi connectivity index (χ1) is 14.5. The maximum atomic E-state index is 13.0. The molecule has 152 valence electrons. The highest BCUT2D eigenvalue weighted by atomic mass is 32.1. The summed E-state index contributed by atoms with van der Waals surface area (Å²) in [7, 11) is 0. The molecule has 0 radical (unpaired) electrons. The van der Waals surface area contributed by atoms with Crippen LogP contribution in [0.5, 0.6) is 0 Å². The molecule has 7 nitrogen and oxygen atoms in total. The molecular formula is C22H21N5O2S. The fourth-order valence-electron chi connectivity index (χ4n) is 4.59. The van der Waals surface area contributed by atoms with Gasteiger partial charge in [-0.3, -0.25) is 4.79 Å². The number of pyridine rings is 1. The number of aromatic nitrogens is 2. The molecule has 2 aromatic heterocycles. The summed E-state index contributed by atoms with van der Waals surface area (Å²) in [5, 5.41) is 2.78. The molecule has 0 bridgehead atoms. The summed E-state index contributed by atoms with van der Waals surface area (Å²) in [6.45, 7) is 1.82. The van der Waals surface area contributed by atoms with Crippen LogP contribution in [0.2, 0.25) is 0 Å². The van der Waals surface area contributed by atoms with Crippen LogP contribution >= 0.6 is 11.3 Å². The van der Waals surface area contributed by atoms with E-state index in [-0.39, 0.29) is 17.3 Å². The second kappa shape index (κ2) is 6.93. The topological polar surface area (TPSA) is 101 Å². The van der Waals surface area contributed by atoms with Gasteiger partial charge in [-0.1, -0.05) is 6.07 Å². The third-order valence-corrected chi connectivity index (χ3v) is 7.16. The number of aryl methyl sites for hydroxylation is 1. The molecular weight excluding hydrogens is 398 g/mol. The molecule has 1 saturated heterocycles. The molecule has 30 heavy (non-hydrogen) atoms. The van der Waals surface area contributed by atoms with E-state index in [1.807, 2.05) is 23.3 Å². The molecule has 3 aromatic rings. The zero-order valence-electron chi connectivity index (χ0n) is 16.5. The number of rotatable bonds is 4. The number of nitrogens with two attached hydrogens (primary N) is 1. The summed E-state index contributed by atoms with van der Waals surface area (Å²) in [5.74, 6) is 1.87. The molecule has 1 saturated carbocycles. The predicted octanol–water partition coefficient (Wildman–Crippen LogP) is 3.61. The number of carbonyl (C=O) groups excluding carboxylic acids is 2. The number of amides is 1. The summed E-state index contributed by atoms with van der Waals surface area (Å²) >= 11 is 1.60. The number of hydrogen-bond acceptors (Lipinski definition) is 7. The minimum Gasteiger partial charge on any atom is -0.383 e. The Labute approximate surface area is 177 Å². The number of anilines is 2. The lowest BCUT2D eigenvalue weighted by Crippen LogP contribution is -2.65. The minimum atomic E-state index is -0.471. The van der Waals surface area contributed by atoms with Crippen molar-refractivity contribution in [1.29, 1.82) is 0 Å². The van der Waals surface area contributed by atoms with Crippen LogP contribution in [0.25, 0.3) is 10.2 Å². The first-order valence-corrected chi connectivity index (χ1v) is 10.8. The number of nitrogens with one attached hydrogen (secondary N) is 1. The molecule has 1 amide bonds. The molecule has 1 spiro atoms. The first-order valence-electron chi connectivity index (χ1n) is 9.92. The highest BCUT2D eigenvalue weighted by Gasteiger charge is 2.57. The summed E-state index contributed by atoms with van der Waals surface area (Å²) in [6, 6.07) is 7.88. The number of hydrogen-bond donors (Lipinski definition) is 2. The quantitative estimate of drug-likeness (QED) is 0.495. The van der Waals surface area contributed by atoms with Crippen molar-refractivity contribution in [3.05, 3.63) is 52.8 Å². The summed E-state index contributed by atoms with van der Waals surface area (Å²) < 4.78 is 1.12. The molecule has 1 aliphatic heterocycles. The van der Waals surface area contributed by atoms with E-state index in [0.29, 0.717) is 11.5 Å². The fraction of sp³-hybridized carbons (Fsp3) is 0.318. The van der Waals surface area contributed by atoms with Gasteiger partial charge in [0.05, 0.1) is 33.7 Å². The van der Waals surface area contributed by atoms with E-state index in [9.17, 15) is 9.59 Å².